The molecule has 23 heavy (non-hydrogen) atoms. The van der Waals surface area contributed by atoms with Gasteiger partial charge in [0, 0.05) is 32.6 Å². The van der Waals surface area contributed by atoms with E-state index >= 15 is 0 Å². The van der Waals surface area contributed by atoms with Gasteiger partial charge >= 0.3 is 0 Å². The highest BCUT2D eigenvalue weighted by atomic mass is 16.5. The molecule has 0 bridgehead atoms. The van der Waals surface area contributed by atoms with Gasteiger partial charge in [0.2, 0.25) is 5.88 Å². The number of piperidine rings is 1. The van der Waals surface area contributed by atoms with E-state index in [1.807, 2.05) is 18.7 Å². The Hall–Kier alpha value is -1.33. The molecule has 5 heteroatoms. The third-order valence-electron chi connectivity index (χ3n) is 5.52. The monoisotopic (exact) mass is 319 g/mol. The van der Waals surface area contributed by atoms with Crippen molar-refractivity contribution < 1.29 is 9.84 Å². The average molecular weight is 319 g/mol. The lowest BCUT2D eigenvalue weighted by molar-refractivity contribution is -0.0968. The lowest BCUT2D eigenvalue weighted by atomic mass is 9.71. The number of hydrogen-bond acceptors (Lipinski definition) is 4. The first kappa shape index (κ1) is 16.5. The summed E-state index contributed by atoms with van der Waals surface area (Å²) in [5.74, 6) is 1.26. The molecule has 2 unspecified atom stereocenters. The Kier molecular flexibility index (Phi) is 4.78. The minimum absolute atomic E-state index is 0.416. The molecule has 2 heterocycles. The lowest BCUT2D eigenvalue weighted by Crippen LogP contribution is -2.53. The van der Waals surface area contributed by atoms with Crippen molar-refractivity contribution in [2.75, 3.05) is 19.7 Å². The molecule has 2 atom stereocenters. The van der Waals surface area contributed by atoms with E-state index in [1.165, 1.54) is 12.8 Å². The van der Waals surface area contributed by atoms with E-state index in [4.69, 9.17) is 4.74 Å². The van der Waals surface area contributed by atoms with Crippen LogP contribution >= 0.6 is 0 Å². The minimum atomic E-state index is -0.416. The Morgan fingerprint density at radius 3 is 3.04 bits per heavy atom. The fourth-order valence-electron chi connectivity index (χ4n) is 4.19. The summed E-state index contributed by atoms with van der Waals surface area (Å²) in [5, 5.41) is 15.3. The van der Waals surface area contributed by atoms with E-state index in [1.54, 1.807) is 6.08 Å². The molecule has 128 valence electrons. The maximum atomic E-state index is 10.8. The Labute approximate surface area is 138 Å². The Morgan fingerprint density at radius 2 is 2.26 bits per heavy atom. The van der Waals surface area contributed by atoms with Gasteiger partial charge in [-0.15, -0.1) is 0 Å². The zero-order valence-corrected chi connectivity index (χ0v) is 14.4. The first-order chi connectivity index (χ1) is 11.0. The van der Waals surface area contributed by atoms with Gasteiger partial charge in [0.1, 0.15) is 6.61 Å². The summed E-state index contributed by atoms with van der Waals surface area (Å²) in [4.78, 5) is 2.45. The number of aromatic nitrogens is 2. The third-order valence-corrected chi connectivity index (χ3v) is 5.52. The molecule has 0 amide bonds. The van der Waals surface area contributed by atoms with Crippen molar-refractivity contribution >= 4 is 0 Å². The van der Waals surface area contributed by atoms with Gasteiger partial charge in [0.25, 0.3) is 0 Å². The molecule has 0 aromatic carbocycles. The molecule has 1 aromatic heterocycles. The second-order valence-corrected chi connectivity index (χ2v) is 7.12. The van der Waals surface area contributed by atoms with Crippen molar-refractivity contribution in [2.24, 2.45) is 13.0 Å². The van der Waals surface area contributed by atoms with Gasteiger partial charge in [-0.3, -0.25) is 4.90 Å². The first-order valence-electron chi connectivity index (χ1n) is 8.74. The Bertz CT molecular complexity index is 569. The normalized spacial score (nSPS) is 28.4. The van der Waals surface area contributed by atoms with E-state index in [9.17, 15) is 5.11 Å². The molecule has 0 radical (unpaired) electrons. The van der Waals surface area contributed by atoms with Crippen LogP contribution in [0, 0.1) is 12.8 Å². The van der Waals surface area contributed by atoms with E-state index in [2.05, 4.69) is 16.6 Å². The molecular formula is C18H29N3O2. The van der Waals surface area contributed by atoms with Gasteiger partial charge in [-0.1, -0.05) is 25.5 Å². The van der Waals surface area contributed by atoms with E-state index in [-0.39, 0.29) is 0 Å². The topological polar surface area (TPSA) is 50.5 Å². The molecular weight excluding hydrogens is 290 g/mol. The number of hydrogen-bond donors (Lipinski definition) is 1. The number of nitrogens with zero attached hydrogens (tertiary/aromatic N) is 3. The predicted molar refractivity (Wildman–Crippen MR) is 90.4 cm³/mol. The van der Waals surface area contributed by atoms with Crippen molar-refractivity contribution in [1.29, 1.82) is 0 Å². The van der Waals surface area contributed by atoms with Crippen LogP contribution in [0.1, 0.15) is 43.4 Å². The van der Waals surface area contributed by atoms with Crippen molar-refractivity contribution in [3.8, 4) is 5.88 Å². The fourth-order valence-corrected chi connectivity index (χ4v) is 4.19. The Morgan fingerprint density at radius 1 is 1.43 bits per heavy atom. The van der Waals surface area contributed by atoms with Crippen LogP contribution in [0.5, 0.6) is 5.88 Å². The Balaban J connectivity index is 1.71. The van der Waals surface area contributed by atoms with Crippen LogP contribution in [0.15, 0.2) is 12.7 Å². The van der Waals surface area contributed by atoms with Crippen LogP contribution in [-0.4, -0.2) is 45.1 Å². The zero-order chi connectivity index (χ0) is 16.4. The molecule has 0 spiro atoms. The standard InChI is InChI=1S/C18H29N3O2/c1-4-11-23-17-16(14(2)19-20(17)3)13-21-10-9-18(22)8-6-5-7-15(18)12-21/h4,15,22H,1,5-13H2,2-3H3. The molecule has 5 nitrogen and oxygen atoms in total. The van der Waals surface area contributed by atoms with Crippen LogP contribution in [0.2, 0.25) is 0 Å². The van der Waals surface area contributed by atoms with Crippen LogP contribution in [-0.2, 0) is 13.6 Å². The minimum Gasteiger partial charge on any atom is -0.473 e. The molecule has 2 aliphatic rings. The van der Waals surface area contributed by atoms with Gasteiger partial charge in [0.05, 0.1) is 16.9 Å². The molecule has 1 aromatic rings. The van der Waals surface area contributed by atoms with Crippen molar-refractivity contribution in [3.05, 3.63) is 23.9 Å². The maximum Gasteiger partial charge on any atom is 0.216 e. The largest absolute Gasteiger partial charge is 0.473 e. The highest BCUT2D eigenvalue weighted by molar-refractivity contribution is 5.31. The number of aliphatic hydroxyl groups is 1. The summed E-state index contributed by atoms with van der Waals surface area (Å²) >= 11 is 0. The molecule has 3 rings (SSSR count). The van der Waals surface area contributed by atoms with E-state index < -0.39 is 5.60 Å². The summed E-state index contributed by atoms with van der Waals surface area (Å²) < 4.78 is 7.63. The van der Waals surface area contributed by atoms with E-state index in [0.29, 0.717) is 12.5 Å². The van der Waals surface area contributed by atoms with Crippen LogP contribution in [0.25, 0.3) is 0 Å². The predicted octanol–water partition coefficient (Wildman–Crippen LogP) is 2.42. The van der Waals surface area contributed by atoms with Crippen molar-refractivity contribution in [1.82, 2.24) is 14.7 Å². The highest BCUT2D eigenvalue weighted by Gasteiger charge is 2.42. The average Bonchev–Trinajstić information content (AvgIpc) is 2.79. The van der Waals surface area contributed by atoms with Crippen LogP contribution in [0.3, 0.4) is 0 Å². The molecule has 1 aliphatic heterocycles. The number of ether oxygens (including phenoxy) is 1. The van der Waals surface area contributed by atoms with Crippen molar-refractivity contribution in [3.63, 3.8) is 0 Å². The zero-order valence-electron chi connectivity index (χ0n) is 14.4. The number of rotatable bonds is 5. The summed E-state index contributed by atoms with van der Waals surface area (Å²) in [6.07, 6.45) is 7.20. The smallest absolute Gasteiger partial charge is 0.216 e. The lowest BCUT2D eigenvalue weighted by Gasteiger charge is -2.47. The molecule has 2 fully saturated rings. The molecule has 1 saturated carbocycles. The van der Waals surface area contributed by atoms with Crippen LogP contribution in [0.4, 0.5) is 0 Å². The summed E-state index contributed by atoms with van der Waals surface area (Å²) in [5.41, 5.74) is 1.77. The number of aryl methyl sites for hydroxylation is 2. The van der Waals surface area contributed by atoms with Gasteiger partial charge in [-0.25, -0.2) is 4.68 Å². The molecule has 1 N–H and O–H groups in total. The molecule has 1 aliphatic carbocycles. The second kappa shape index (κ2) is 6.65. The first-order valence-corrected chi connectivity index (χ1v) is 8.74. The summed E-state index contributed by atoms with van der Waals surface area (Å²) in [6, 6.07) is 0. The van der Waals surface area contributed by atoms with Gasteiger partial charge in [-0.2, -0.15) is 5.10 Å². The second-order valence-electron chi connectivity index (χ2n) is 7.12. The van der Waals surface area contributed by atoms with Crippen molar-refractivity contribution in [2.45, 2.75) is 51.2 Å². The quantitative estimate of drug-likeness (QED) is 0.847. The highest BCUT2D eigenvalue weighted by Crippen LogP contribution is 2.40. The van der Waals surface area contributed by atoms with Crippen LogP contribution < -0.4 is 4.74 Å². The number of fused-ring (bicyclic) bond motifs is 1. The third kappa shape index (κ3) is 3.31. The van der Waals surface area contributed by atoms with E-state index in [0.717, 1.165) is 56.0 Å². The number of likely N-dealkylation sites (tertiary alicyclic amines) is 1. The summed E-state index contributed by atoms with van der Waals surface area (Å²) in [6.45, 7) is 9.02. The fraction of sp³-hybridized carbons (Fsp3) is 0.722. The van der Waals surface area contributed by atoms with Gasteiger partial charge in [0.15, 0.2) is 0 Å². The van der Waals surface area contributed by atoms with Gasteiger partial charge < -0.3 is 9.84 Å². The summed E-state index contributed by atoms with van der Waals surface area (Å²) in [7, 11) is 1.92. The maximum absolute atomic E-state index is 10.8. The SMILES string of the molecule is C=CCOc1c(CN2CCC3(O)CCCCC3C2)c(C)nn1C. The molecule has 1 saturated heterocycles. The van der Waals surface area contributed by atoms with Gasteiger partial charge in [-0.05, 0) is 26.2 Å².